The monoisotopic (exact) mass is 922 g/mol. The van der Waals surface area contributed by atoms with Crippen molar-refractivity contribution in [2.75, 3.05) is 93.7 Å². The van der Waals surface area contributed by atoms with Crippen molar-refractivity contribution in [1.29, 1.82) is 0 Å². The lowest BCUT2D eigenvalue weighted by atomic mass is 10.1. The van der Waals surface area contributed by atoms with Gasteiger partial charge in [0.15, 0.2) is 23.0 Å². The van der Waals surface area contributed by atoms with Crippen LogP contribution in [0.25, 0.3) is 0 Å². The van der Waals surface area contributed by atoms with E-state index in [1.165, 1.54) is 25.4 Å². The van der Waals surface area contributed by atoms with Gasteiger partial charge in [-0.1, -0.05) is 23.3 Å². The number of Topliss-reactive ketones (excluding diaryl/α,β-unsaturated/α-hetero) is 1. The lowest BCUT2D eigenvalue weighted by Crippen LogP contribution is -2.35. The molecule has 67 heavy (non-hydrogen) atoms. The van der Waals surface area contributed by atoms with Gasteiger partial charge in [-0.3, -0.25) is 34.3 Å². The molecule has 2 atom stereocenters. The topological polar surface area (TPSA) is 172 Å². The summed E-state index contributed by atoms with van der Waals surface area (Å²) < 4.78 is 46.9. The van der Waals surface area contributed by atoms with Gasteiger partial charge in [0.05, 0.1) is 93.2 Å². The summed E-state index contributed by atoms with van der Waals surface area (Å²) in [5, 5.41) is 0. The number of rotatable bonds is 24. The van der Waals surface area contributed by atoms with Crippen molar-refractivity contribution in [1.82, 2.24) is 19.7 Å². The molecule has 17 heteroatoms. The summed E-state index contributed by atoms with van der Waals surface area (Å²) in [6, 6.07) is 10.2. The van der Waals surface area contributed by atoms with E-state index in [2.05, 4.69) is 17.1 Å². The molecule has 5 heterocycles. The van der Waals surface area contributed by atoms with Gasteiger partial charge in [-0.25, -0.2) is 0 Å². The van der Waals surface area contributed by atoms with Crippen LogP contribution in [0.15, 0.2) is 69.7 Å². The van der Waals surface area contributed by atoms with Crippen LogP contribution >= 0.6 is 0 Å². The SMILES string of the molecule is C/C=C1\C[C@H]2C=Nc3cc(OCc4cc(OCCN(CCOCCOCCOC)CCC(C)=O)cc(COc5cc6c(cc5OC)C(=O)N5C/C(=C/C)C[C@H]5C=N6)n4)c(OC)cc3C(=O)N2C1. The minimum atomic E-state index is -0.120. The molecule has 0 N–H and O–H groups in total. The van der Waals surface area contributed by atoms with Crippen LogP contribution in [0.3, 0.4) is 0 Å². The number of aliphatic imine (C=N–C) groups is 2. The van der Waals surface area contributed by atoms with Crippen molar-refractivity contribution < 1.29 is 52.3 Å². The number of carbonyl (C=O) groups is 3. The number of hydrogen-bond acceptors (Lipinski definition) is 15. The van der Waals surface area contributed by atoms with Gasteiger partial charge in [-0.2, -0.15) is 0 Å². The molecule has 2 amide bonds. The van der Waals surface area contributed by atoms with Gasteiger partial charge in [0.2, 0.25) is 0 Å². The first-order valence-corrected chi connectivity index (χ1v) is 22.8. The number of benzene rings is 2. The maximum atomic E-state index is 13.7. The molecule has 0 aliphatic carbocycles. The Balaban J connectivity index is 1.09. The summed E-state index contributed by atoms with van der Waals surface area (Å²) in [7, 11) is 4.69. The quantitative estimate of drug-likeness (QED) is 0.0720. The number of amides is 2. The molecule has 7 rings (SSSR count). The average Bonchev–Trinajstić information content (AvgIpc) is 3.91. The number of pyridine rings is 1. The zero-order valence-corrected chi connectivity index (χ0v) is 39.4. The van der Waals surface area contributed by atoms with Crippen LogP contribution in [0.2, 0.25) is 0 Å². The molecular weight excluding hydrogens is 861 g/mol. The van der Waals surface area contributed by atoms with Crippen molar-refractivity contribution >= 4 is 41.4 Å². The molecule has 0 spiro atoms. The molecule has 4 aliphatic rings. The van der Waals surface area contributed by atoms with E-state index in [4.69, 9.17) is 52.9 Å². The third kappa shape index (κ3) is 12.5. The summed E-state index contributed by atoms with van der Waals surface area (Å²) >= 11 is 0. The van der Waals surface area contributed by atoms with Crippen LogP contribution in [0, 0.1) is 0 Å². The number of ketones is 1. The van der Waals surface area contributed by atoms with Gasteiger partial charge in [0, 0.05) is 82.9 Å². The van der Waals surface area contributed by atoms with E-state index in [0.717, 1.165) is 12.8 Å². The standard InChI is InChI=1S/C50H62N6O11/c1-7-34-19-38-27-51-43-25-47(45(61-5)23-41(43)49(58)55(38)29-34)66-31-36-21-40(65-14-12-54(10-9-33(3)57)11-13-63-17-18-64-16-15-60-4)22-37(53-36)32-67-48-26-44-42(24-46(48)62-6)50(59)56-30-35(8-2)20-39(56)28-52-44/h7-8,21-28,38-39H,9-20,29-32H2,1-6H3/b34-7+,35-8+/t38-,39-/m0/s1. The number of allylic oxidation sites excluding steroid dienone is 2. The smallest absolute Gasteiger partial charge is 0.257 e. The maximum absolute atomic E-state index is 13.7. The van der Waals surface area contributed by atoms with Gasteiger partial charge in [-0.15, -0.1) is 0 Å². The summed E-state index contributed by atoms with van der Waals surface area (Å²) in [6.07, 6.45) is 9.66. The summed E-state index contributed by atoms with van der Waals surface area (Å²) in [5.74, 6) is 1.96. The lowest BCUT2D eigenvalue weighted by Gasteiger charge is -2.22. The third-order valence-corrected chi connectivity index (χ3v) is 12.1. The Morgan fingerprint density at radius 2 is 1.16 bits per heavy atom. The van der Waals surface area contributed by atoms with Crippen LogP contribution in [0.4, 0.5) is 11.4 Å². The molecule has 358 valence electrons. The summed E-state index contributed by atoms with van der Waals surface area (Å²) in [4.78, 5) is 59.5. The molecule has 4 aliphatic heterocycles. The molecule has 2 fully saturated rings. The molecule has 0 unspecified atom stereocenters. The molecule has 2 aromatic carbocycles. The van der Waals surface area contributed by atoms with E-state index in [-0.39, 0.29) is 42.9 Å². The second kappa shape index (κ2) is 23.5. The lowest BCUT2D eigenvalue weighted by molar-refractivity contribution is -0.117. The minimum Gasteiger partial charge on any atom is -0.493 e. The Labute approximate surface area is 392 Å². The van der Waals surface area contributed by atoms with Crippen molar-refractivity contribution in [3.8, 4) is 28.7 Å². The second-order valence-electron chi connectivity index (χ2n) is 16.6. The highest BCUT2D eigenvalue weighted by atomic mass is 16.5. The van der Waals surface area contributed by atoms with E-state index >= 15 is 0 Å². The Kier molecular flexibility index (Phi) is 17.1. The first-order chi connectivity index (χ1) is 32.6. The fourth-order valence-corrected chi connectivity index (χ4v) is 8.28. The zero-order valence-electron chi connectivity index (χ0n) is 39.4. The first kappa shape index (κ1) is 48.8. The van der Waals surface area contributed by atoms with Crippen LogP contribution in [-0.4, -0.2) is 155 Å². The largest absolute Gasteiger partial charge is 0.493 e. The Hall–Kier alpha value is -6.14. The number of ether oxygens (including phenoxy) is 8. The number of carbonyl (C=O) groups excluding carboxylic acids is 3. The molecule has 0 bridgehead atoms. The Morgan fingerprint density at radius 3 is 1.66 bits per heavy atom. The molecule has 0 saturated carbocycles. The van der Waals surface area contributed by atoms with Crippen LogP contribution in [0.1, 0.15) is 72.1 Å². The van der Waals surface area contributed by atoms with E-state index in [1.807, 2.05) is 36.1 Å². The average molecular weight is 923 g/mol. The van der Waals surface area contributed by atoms with Gasteiger partial charge in [0.25, 0.3) is 11.8 Å². The number of aromatic nitrogens is 1. The van der Waals surface area contributed by atoms with E-state index in [0.29, 0.717) is 141 Å². The van der Waals surface area contributed by atoms with Gasteiger partial charge >= 0.3 is 0 Å². The third-order valence-electron chi connectivity index (χ3n) is 12.1. The van der Waals surface area contributed by atoms with Gasteiger partial charge < -0.3 is 47.7 Å². The molecule has 0 radical (unpaired) electrons. The number of hydrogen-bond donors (Lipinski definition) is 0. The van der Waals surface area contributed by atoms with Crippen LogP contribution in [0.5, 0.6) is 28.7 Å². The number of fused-ring (bicyclic) bond motifs is 4. The Bertz CT molecular complexity index is 2250. The minimum absolute atomic E-state index is 0.0132. The normalized spacial score (nSPS) is 18.5. The van der Waals surface area contributed by atoms with Gasteiger partial charge in [0.1, 0.15) is 31.4 Å². The predicted molar refractivity (Wildman–Crippen MR) is 252 cm³/mol. The molecule has 1 aromatic heterocycles. The zero-order chi connectivity index (χ0) is 47.3. The van der Waals surface area contributed by atoms with E-state index in [9.17, 15) is 14.4 Å². The van der Waals surface area contributed by atoms with Crippen molar-refractivity contribution in [3.63, 3.8) is 0 Å². The van der Waals surface area contributed by atoms with Crippen LogP contribution < -0.4 is 23.7 Å². The fraction of sp³-hybridized carbons (Fsp3) is 0.480. The number of nitrogens with zero attached hydrogens (tertiary/aromatic N) is 6. The summed E-state index contributed by atoms with van der Waals surface area (Å²) in [6.45, 7) is 11.1. The van der Waals surface area contributed by atoms with E-state index < -0.39 is 0 Å². The van der Waals surface area contributed by atoms with Crippen LogP contribution in [-0.2, 0) is 32.2 Å². The van der Waals surface area contributed by atoms with Gasteiger partial charge in [-0.05, 0) is 45.7 Å². The first-order valence-electron chi connectivity index (χ1n) is 22.8. The number of methoxy groups -OCH3 is 3. The van der Waals surface area contributed by atoms with E-state index in [1.54, 1.807) is 50.4 Å². The van der Waals surface area contributed by atoms with Crippen molar-refractivity contribution in [2.24, 2.45) is 9.98 Å². The molecule has 17 nitrogen and oxygen atoms in total. The molecule has 2 saturated heterocycles. The Morgan fingerprint density at radius 1 is 0.657 bits per heavy atom. The van der Waals surface area contributed by atoms with Crippen molar-refractivity contribution in [3.05, 3.63) is 82.2 Å². The van der Waals surface area contributed by atoms with Crippen molar-refractivity contribution in [2.45, 2.75) is 65.3 Å². The maximum Gasteiger partial charge on any atom is 0.257 e. The highest BCUT2D eigenvalue weighted by Gasteiger charge is 2.36. The molecular formula is C50H62N6O11. The second-order valence-corrected chi connectivity index (χ2v) is 16.6. The molecule has 3 aromatic rings. The predicted octanol–water partition coefficient (Wildman–Crippen LogP) is 6.35. The highest BCUT2D eigenvalue weighted by molar-refractivity contribution is 6.04. The fourth-order valence-electron chi connectivity index (χ4n) is 8.28. The summed E-state index contributed by atoms with van der Waals surface area (Å²) in [5.41, 5.74) is 5.33. The highest BCUT2D eigenvalue weighted by Crippen LogP contribution is 2.41.